The molecule has 0 amide bonds. The largest absolute Gasteiger partial charge is 0.496 e. The average molecular weight is 398 g/mol. The van der Waals surface area contributed by atoms with Crippen LogP contribution in [0, 0.1) is 10.1 Å². The lowest BCUT2D eigenvalue weighted by atomic mass is 10.1. The Morgan fingerprint density at radius 1 is 1.25 bits per heavy atom. The standard InChI is InChI=1S/C17H14N6O4S/c1-27-11-7-8-12(13(9-11)23(25)26)19-20-15-14(10-5-3-2-4-6-10)21-22(16(15)24)17(18)28/h2-9,21H,1H3,(H2,18,28). The minimum atomic E-state index is -0.619. The Labute approximate surface area is 163 Å². The highest BCUT2D eigenvalue weighted by Gasteiger charge is 2.19. The molecule has 0 unspecified atom stereocenters. The minimum Gasteiger partial charge on any atom is -0.496 e. The summed E-state index contributed by atoms with van der Waals surface area (Å²) in [5, 5.41) is 21.7. The van der Waals surface area contributed by atoms with Gasteiger partial charge in [-0.3, -0.25) is 20.0 Å². The lowest BCUT2D eigenvalue weighted by molar-refractivity contribution is -0.384. The predicted molar refractivity (Wildman–Crippen MR) is 106 cm³/mol. The summed E-state index contributed by atoms with van der Waals surface area (Å²) >= 11 is 4.87. The van der Waals surface area contributed by atoms with Gasteiger partial charge in [0, 0.05) is 5.56 Å². The summed E-state index contributed by atoms with van der Waals surface area (Å²) in [5.41, 5.74) is 5.50. The molecule has 1 aromatic heterocycles. The van der Waals surface area contributed by atoms with E-state index in [0.717, 1.165) is 4.68 Å². The number of nitrogens with one attached hydrogen (secondary N) is 1. The molecule has 0 spiro atoms. The Bertz CT molecular complexity index is 1140. The number of hydrogen-bond donors (Lipinski definition) is 2. The molecule has 0 atom stereocenters. The molecule has 0 aliphatic heterocycles. The number of aromatic amines is 1. The fourth-order valence-electron chi connectivity index (χ4n) is 2.45. The lowest BCUT2D eigenvalue weighted by Crippen LogP contribution is -2.29. The lowest BCUT2D eigenvalue weighted by Gasteiger charge is -2.01. The molecule has 11 heteroatoms. The molecular formula is C17H14N6O4S. The fraction of sp³-hybridized carbons (Fsp3) is 0.0588. The topological polar surface area (TPSA) is 141 Å². The molecule has 3 aromatic rings. The Kier molecular flexibility index (Phi) is 5.27. The number of azo groups is 1. The maximum absolute atomic E-state index is 12.6. The van der Waals surface area contributed by atoms with Crippen molar-refractivity contribution in [2.24, 2.45) is 16.0 Å². The second-order valence-electron chi connectivity index (χ2n) is 5.49. The number of H-pyrrole nitrogens is 1. The van der Waals surface area contributed by atoms with Crippen LogP contribution in [0.15, 0.2) is 63.6 Å². The van der Waals surface area contributed by atoms with E-state index in [-0.39, 0.29) is 22.2 Å². The normalized spacial score (nSPS) is 10.9. The summed E-state index contributed by atoms with van der Waals surface area (Å²) in [6.07, 6.45) is 0. The van der Waals surface area contributed by atoms with Gasteiger partial charge in [0.25, 0.3) is 5.69 Å². The number of rotatable bonds is 5. The van der Waals surface area contributed by atoms with Gasteiger partial charge in [-0.1, -0.05) is 30.3 Å². The van der Waals surface area contributed by atoms with Gasteiger partial charge in [0.05, 0.1) is 23.8 Å². The number of nitro groups is 1. The van der Waals surface area contributed by atoms with E-state index in [1.807, 2.05) is 6.07 Å². The van der Waals surface area contributed by atoms with E-state index in [0.29, 0.717) is 17.0 Å². The molecule has 0 saturated carbocycles. The van der Waals surface area contributed by atoms with E-state index in [2.05, 4.69) is 15.3 Å². The van der Waals surface area contributed by atoms with Crippen molar-refractivity contribution in [3.63, 3.8) is 0 Å². The number of ether oxygens (including phenoxy) is 1. The van der Waals surface area contributed by atoms with Gasteiger partial charge in [-0.2, -0.15) is 4.68 Å². The van der Waals surface area contributed by atoms with E-state index >= 15 is 0 Å². The molecule has 2 aromatic carbocycles. The van der Waals surface area contributed by atoms with Crippen molar-refractivity contribution in [3.8, 4) is 17.0 Å². The number of methoxy groups -OCH3 is 1. The zero-order chi connectivity index (χ0) is 20.3. The van der Waals surface area contributed by atoms with E-state index in [1.54, 1.807) is 24.3 Å². The highest BCUT2D eigenvalue weighted by molar-refractivity contribution is 7.80. The van der Waals surface area contributed by atoms with Crippen LogP contribution in [0.5, 0.6) is 5.75 Å². The zero-order valence-electron chi connectivity index (χ0n) is 14.5. The molecule has 0 radical (unpaired) electrons. The Balaban J connectivity index is 2.14. The molecular weight excluding hydrogens is 384 g/mol. The van der Waals surface area contributed by atoms with E-state index in [1.165, 1.54) is 25.3 Å². The van der Waals surface area contributed by atoms with Crippen LogP contribution in [-0.4, -0.2) is 26.9 Å². The summed E-state index contributed by atoms with van der Waals surface area (Å²) in [4.78, 5) is 23.3. The van der Waals surface area contributed by atoms with Gasteiger partial charge in [0.1, 0.15) is 5.75 Å². The molecule has 3 N–H and O–H groups in total. The smallest absolute Gasteiger partial charge is 0.301 e. The molecule has 3 rings (SSSR count). The summed E-state index contributed by atoms with van der Waals surface area (Å²) in [6, 6.07) is 13.0. The average Bonchev–Trinajstić information content (AvgIpc) is 3.03. The first-order valence-corrected chi connectivity index (χ1v) is 8.27. The maximum atomic E-state index is 12.6. The van der Waals surface area contributed by atoms with Crippen molar-refractivity contribution in [3.05, 3.63) is 69.0 Å². The summed E-state index contributed by atoms with van der Waals surface area (Å²) in [5.74, 6) is 0.299. The highest BCUT2D eigenvalue weighted by atomic mass is 32.1. The second-order valence-corrected chi connectivity index (χ2v) is 5.91. The number of hydrogen-bond acceptors (Lipinski definition) is 7. The zero-order valence-corrected chi connectivity index (χ0v) is 15.3. The van der Waals surface area contributed by atoms with Crippen molar-refractivity contribution >= 4 is 34.4 Å². The molecule has 142 valence electrons. The quantitative estimate of drug-likeness (QED) is 0.292. The first kappa shape index (κ1) is 18.9. The fourth-order valence-corrected chi connectivity index (χ4v) is 2.58. The van der Waals surface area contributed by atoms with Gasteiger partial charge in [0.15, 0.2) is 16.5 Å². The van der Waals surface area contributed by atoms with Gasteiger partial charge >= 0.3 is 5.56 Å². The van der Waals surface area contributed by atoms with Crippen molar-refractivity contribution in [2.45, 2.75) is 0 Å². The SMILES string of the molecule is COc1ccc(N=Nc2c(-c3ccccc3)[nH]n(C(N)=S)c2=O)c([N+](=O)[O-])c1. The third-order valence-corrected chi connectivity index (χ3v) is 3.97. The first-order chi connectivity index (χ1) is 13.4. The number of aromatic nitrogens is 2. The van der Waals surface area contributed by atoms with Crippen LogP contribution >= 0.6 is 12.2 Å². The number of nitrogens with two attached hydrogens (primary N) is 1. The summed E-state index contributed by atoms with van der Waals surface area (Å²) in [6.45, 7) is 0. The van der Waals surface area contributed by atoms with Gasteiger partial charge in [-0.15, -0.1) is 10.2 Å². The van der Waals surface area contributed by atoms with E-state index in [9.17, 15) is 14.9 Å². The minimum absolute atomic E-state index is 0.0349. The van der Waals surface area contributed by atoms with Gasteiger partial charge < -0.3 is 10.5 Å². The van der Waals surface area contributed by atoms with Crippen LogP contribution < -0.4 is 16.0 Å². The number of thiocarbonyl (C=S) groups is 1. The van der Waals surface area contributed by atoms with Crippen LogP contribution in [0.3, 0.4) is 0 Å². The summed E-state index contributed by atoms with van der Waals surface area (Å²) in [7, 11) is 1.39. The predicted octanol–water partition coefficient (Wildman–Crippen LogP) is 3.27. The second kappa shape index (κ2) is 7.80. The van der Waals surface area contributed by atoms with Crippen LogP contribution in [0.2, 0.25) is 0 Å². The van der Waals surface area contributed by atoms with E-state index in [4.69, 9.17) is 22.7 Å². The maximum Gasteiger partial charge on any atom is 0.301 e. The Morgan fingerprint density at radius 3 is 2.57 bits per heavy atom. The number of nitro benzene ring substituents is 1. The Morgan fingerprint density at radius 2 is 1.96 bits per heavy atom. The van der Waals surface area contributed by atoms with Crippen LogP contribution in [0.4, 0.5) is 17.1 Å². The third-order valence-electron chi connectivity index (χ3n) is 3.79. The molecule has 0 fully saturated rings. The number of nitrogens with zero attached hydrogens (tertiary/aromatic N) is 4. The van der Waals surface area contributed by atoms with Crippen molar-refractivity contribution in [2.75, 3.05) is 7.11 Å². The Hall–Kier alpha value is -3.86. The molecule has 0 saturated heterocycles. The molecule has 10 nitrogen and oxygen atoms in total. The third kappa shape index (κ3) is 3.64. The molecule has 28 heavy (non-hydrogen) atoms. The van der Waals surface area contributed by atoms with E-state index < -0.39 is 10.5 Å². The molecule has 0 bridgehead atoms. The van der Waals surface area contributed by atoms with Crippen molar-refractivity contribution in [1.29, 1.82) is 0 Å². The molecule has 1 heterocycles. The van der Waals surface area contributed by atoms with Gasteiger partial charge in [0.2, 0.25) is 0 Å². The molecule has 0 aliphatic carbocycles. The first-order valence-electron chi connectivity index (χ1n) is 7.86. The monoisotopic (exact) mass is 398 g/mol. The highest BCUT2D eigenvalue weighted by Crippen LogP contribution is 2.33. The van der Waals surface area contributed by atoms with Gasteiger partial charge in [-0.05, 0) is 24.4 Å². The number of benzene rings is 2. The van der Waals surface area contributed by atoms with Crippen LogP contribution in [-0.2, 0) is 0 Å². The van der Waals surface area contributed by atoms with Crippen LogP contribution in [0.25, 0.3) is 11.3 Å². The van der Waals surface area contributed by atoms with Gasteiger partial charge in [-0.25, -0.2) is 0 Å². The van der Waals surface area contributed by atoms with Crippen molar-refractivity contribution in [1.82, 2.24) is 9.78 Å². The molecule has 0 aliphatic rings. The summed E-state index contributed by atoms with van der Waals surface area (Å²) < 4.78 is 5.94. The van der Waals surface area contributed by atoms with Crippen molar-refractivity contribution < 1.29 is 9.66 Å². The van der Waals surface area contributed by atoms with Crippen LogP contribution in [0.1, 0.15) is 0 Å².